The minimum atomic E-state index is -0.381. The average molecular weight is 276 g/mol. The van der Waals surface area contributed by atoms with E-state index in [9.17, 15) is 14.0 Å². The number of carbonyl (C=O) groups excluding carboxylic acids is 2. The van der Waals surface area contributed by atoms with Crippen molar-refractivity contribution in [2.75, 3.05) is 26.2 Å². The van der Waals surface area contributed by atoms with Crippen LogP contribution in [-0.4, -0.2) is 57.7 Å². The maximum Gasteiger partial charge on any atom is 0.274 e. The van der Waals surface area contributed by atoms with Gasteiger partial charge in [-0.3, -0.25) is 9.59 Å². The third kappa shape index (κ3) is 2.22. The SMILES string of the molecule is O=CN1CCN(C(=O)c2cn3cc(F)ccc3n2)CC1. The molecule has 0 bridgehead atoms. The lowest BCUT2D eigenvalue weighted by Gasteiger charge is -2.32. The number of pyridine rings is 1. The molecule has 0 N–H and O–H groups in total. The van der Waals surface area contributed by atoms with Gasteiger partial charge in [0, 0.05) is 38.6 Å². The van der Waals surface area contributed by atoms with Crippen LogP contribution >= 0.6 is 0 Å². The van der Waals surface area contributed by atoms with E-state index in [0.717, 1.165) is 6.41 Å². The third-order valence-electron chi connectivity index (χ3n) is 3.38. The topological polar surface area (TPSA) is 57.9 Å². The summed E-state index contributed by atoms with van der Waals surface area (Å²) in [5.74, 6) is -0.576. The minimum absolute atomic E-state index is 0.195. The molecule has 3 rings (SSSR count). The summed E-state index contributed by atoms with van der Waals surface area (Å²) in [6.45, 7) is 2.02. The number of amides is 2. The van der Waals surface area contributed by atoms with Crippen molar-refractivity contribution in [1.29, 1.82) is 0 Å². The molecule has 0 radical (unpaired) electrons. The molecule has 0 spiro atoms. The highest BCUT2D eigenvalue weighted by molar-refractivity contribution is 5.93. The molecule has 0 aromatic carbocycles. The first-order valence-electron chi connectivity index (χ1n) is 6.30. The van der Waals surface area contributed by atoms with Crippen molar-refractivity contribution in [2.45, 2.75) is 0 Å². The predicted molar refractivity (Wildman–Crippen MR) is 68.7 cm³/mol. The maximum atomic E-state index is 13.1. The van der Waals surface area contributed by atoms with Crippen molar-refractivity contribution >= 4 is 18.0 Å². The summed E-state index contributed by atoms with van der Waals surface area (Å²) >= 11 is 0. The van der Waals surface area contributed by atoms with Crippen molar-refractivity contribution < 1.29 is 14.0 Å². The van der Waals surface area contributed by atoms with Gasteiger partial charge in [0.05, 0.1) is 0 Å². The molecule has 2 amide bonds. The molecule has 3 heterocycles. The number of hydrogen-bond donors (Lipinski definition) is 0. The van der Waals surface area contributed by atoms with Crippen LogP contribution in [-0.2, 0) is 4.79 Å². The molecule has 0 atom stereocenters. The first kappa shape index (κ1) is 12.6. The zero-order chi connectivity index (χ0) is 14.1. The standard InChI is InChI=1S/C13H13FN4O2/c14-10-1-2-12-15-11(8-18(12)7-10)13(20)17-5-3-16(9-19)4-6-17/h1-2,7-9H,3-6H2. The van der Waals surface area contributed by atoms with Crippen LogP contribution in [0.4, 0.5) is 4.39 Å². The van der Waals surface area contributed by atoms with E-state index in [1.807, 2.05) is 0 Å². The molecule has 1 saturated heterocycles. The zero-order valence-electron chi connectivity index (χ0n) is 10.7. The summed E-state index contributed by atoms with van der Waals surface area (Å²) in [7, 11) is 0. The molecule has 0 unspecified atom stereocenters. The lowest BCUT2D eigenvalue weighted by atomic mass is 10.3. The summed E-state index contributed by atoms with van der Waals surface area (Å²) in [5.41, 5.74) is 0.816. The number of rotatable bonds is 2. The molecule has 1 aliphatic rings. The van der Waals surface area contributed by atoms with Gasteiger partial charge in [0.2, 0.25) is 6.41 Å². The fourth-order valence-corrected chi connectivity index (χ4v) is 2.26. The van der Waals surface area contributed by atoms with Crippen LogP contribution in [0.3, 0.4) is 0 Å². The van der Waals surface area contributed by atoms with Crippen molar-refractivity contribution in [3.8, 4) is 0 Å². The van der Waals surface area contributed by atoms with E-state index in [4.69, 9.17) is 0 Å². The number of hydrogen-bond acceptors (Lipinski definition) is 3. The van der Waals surface area contributed by atoms with E-state index in [-0.39, 0.29) is 17.4 Å². The van der Waals surface area contributed by atoms with Crippen molar-refractivity contribution in [3.63, 3.8) is 0 Å². The molecule has 6 nitrogen and oxygen atoms in total. The number of piperazine rings is 1. The van der Waals surface area contributed by atoms with E-state index in [1.54, 1.807) is 9.80 Å². The van der Waals surface area contributed by atoms with Crippen LogP contribution in [0.15, 0.2) is 24.5 Å². The maximum absolute atomic E-state index is 13.1. The lowest BCUT2D eigenvalue weighted by Crippen LogP contribution is -2.48. The number of fused-ring (bicyclic) bond motifs is 1. The van der Waals surface area contributed by atoms with Crippen molar-refractivity contribution in [3.05, 3.63) is 36.0 Å². The summed E-state index contributed by atoms with van der Waals surface area (Å²) in [4.78, 5) is 30.4. The molecule has 1 fully saturated rings. The Bertz CT molecular complexity index is 661. The van der Waals surface area contributed by atoms with Gasteiger partial charge in [-0.2, -0.15) is 0 Å². The second-order valence-electron chi connectivity index (χ2n) is 4.67. The molecular formula is C13H13FN4O2. The molecule has 7 heteroatoms. The Balaban J connectivity index is 1.80. The fourth-order valence-electron chi connectivity index (χ4n) is 2.26. The molecule has 0 aliphatic carbocycles. The lowest BCUT2D eigenvalue weighted by molar-refractivity contribution is -0.119. The van der Waals surface area contributed by atoms with Gasteiger partial charge in [-0.25, -0.2) is 9.37 Å². The Morgan fingerprint density at radius 1 is 1.20 bits per heavy atom. The van der Waals surface area contributed by atoms with Crippen LogP contribution < -0.4 is 0 Å². The van der Waals surface area contributed by atoms with E-state index >= 15 is 0 Å². The van der Waals surface area contributed by atoms with Gasteiger partial charge in [-0.1, -0.05) is 0 Å². The van der Waals surface area contributed by atoms with Crippen molar-refractivity contribution in [2.24, 2.45) is 0 Å². The second-order valence-corrected chi connectivity index (χ2v) is 4.67. The monoisotopic (exact) mass is 276 g/mol. The first-order chi connectivity index (χ1) is 9.67. The number of halogens is 1. The summed E-state index contributed by atoms with van der Waals surface area (Å²) < 4.78 is 14.6. The second kappa shape index (κ2) is 4.92. The van der Waals surface area contributed by atoms with E-state index in [1.165, 1.54) is 28.9 Å². The van der Waals surface area contributed by atoms with Gasteiger partial charge in [-0.15, -0.1) is 0 Å². The molecule has 20 heavy (non-hydrogen) atoms. The Labute approximate surface area is 114 Å². The smallest absolute Gasteiger partial charge is 0.274 e. The van der Waals surface area contributed by atoms with Crippen LogP contribution in [0.1, 0.15) is 10.5 Å². The van der Waals surface area contributed by atoms with Crippen molar-refractivity contribution in [1.82, 2.24) is 19.2 Å². The normalized spacial score (nSPS) is 15.7. The fraction of sp³-hybridized carbons (Fsp3) is 0.308. The highest BCUT2D eigenvalue weighted by atomic mass is 19.1. The van der Waals surface area contributed by atoms with Gasteiger partial charge >= 0.3 is 0 Å². The zero-order valence-corrected chi connectivity index (χ0v) is 10.7. The molecule has 2 aromatic rings. The van der Waals surface area contributed by atoms with Gasteiger partial charge in [0.15, 0.2) is 0 Å². The highest BCUT2D eigenvalue weighted by Crippen LogP contribution is 2.10. The van der Waals surface area contributed by atoms with Gasteiger partial charge < -0.3 is 14.2 Å². The number of carbonyl (C=O) groups is 2. The van der Waals surface area contributed by atoms with Crippen LogP contribution in [0.25, 0.3) is 5.65 Å². The van der Waals surface area contributed by atoms with Crippen LogP contribution in [0.2, 0.25) is 0 Å². The largest absolute Gasteiger partial charge is 0.342 e. The first-order valence-corrected chi connectivity index (χ1v) is 6.30. The Hall–Kier alpha value is -2.44. The Morgan fingerprint density at radius 2 is 1.95 bits per heavy atom. The third-order valence-corrected chi connectivity index (χ3v) is 3.38. The average Bonchev–Trinajstić information content (AvgIpc) is 2.89. The van der Waals surface area contributed by atoms with Gasteiger partial charge in [0.25, 0.3) is 5.91 Å². The Morgan fingerprint density at radius 3 is 2.65 bits per heavy atom. The van der Waals surface area contributed by atoms with Crippen LogP contribution in [0.5, 0.6) is 0 Å². The molecule has 2 aromatic heterocycles. The molecular weight excluding hydrogens is 263 g/mol. The molecule has 0 saturated carbocycles. The van der Waals surface area contributed by atoms with E-state index in [0.29, 0.717) is 31.8 Å². The Kier molecular flexibility index (Phi) is 3.09. The highest BCUT2D eigenvalue weighted by Gasteiger charge is 2.23. The number of imidazole rings is 1. The number of aromatic nitrogens is 2. The van der Waals surface area contributed by atoms with Gasteiger partial charge in [0.1, 0.15) is 17.2 Å². The summed E-state index contributed by atoms with van der Waals surface area (Å²) in [5, 5.41) is 0. The van der Waals surface area contributed by atoms with Crippen LogP contribution in [0, 0.1) is 5.82 Å². The summed E-state index contributed by atoms with van der Waals surface area (Å²) in [6, 6.07) is 2.83. The molecule has 104 valence electrons. The predicted octanol–water partition coefficient (Wildman–Crippen LogP) is 0.388. The van der Waals surface area contributed by atoms with Gasteiger partial charge in [-0.05, 0) is 12.1 Å². The molecule has 1 aliphatic heterocycles. The quantitative estimate of drug-likeness (QED) is 0.745. The van der Waals surface area contributed by atoms with E-state index in [2.05, 4.69) is 4.98 Å². The minimum Gasteiger partial charge on any atom is -0.342 e. The summed E-state index contributed by atoms with van der Waals surface area (Å²) in [6.07, 6.45) is 3.59. The van der Waals surface area contributed by atoms with E-state index < -0.39 is 0 Å². The number of nitrogens with zero attached hydrogens (tertiary/aromatic N) is 4.